The van der Waals surface area contributed by atoms with Crippen molar-refractivity contribution in [3.8, 4) is 5.75 Å². The second kappa shape index (κ2) is 5.50. The maximum atomic E-state index is 11.4. The summed E-state index contributed by atoms with van der Waals surface area (Å²) in [6.45, 7) is 0.450. The van der Waals surface area contributed by atoms with Crippen LogP contribution in [0.2, 0.25) is 0 Å². The summed E-state index contributed by atoms with van der Waals surface area (Å²) in [5, 5.41) is 9.34. The molecule has 0 bridgehead atoms. The van der Waals surface area contributed by atoms with Crippen molar-refractivity contribution in [2.24, 2.45) is 0 Å². The van der Waals surface area contributed by atoms with Crippen molar-refractivity contribution in [2.45, 2.75) is 6.54 Å². The number of benzene rings is 1. The number of hydrogen-bond acceptors (Lipinski definition) is 4. The number of rotatable bonds is 4. The molecule has 5 nitrogen and oxygen atoms in total. The van der Waals surface area contributed by atoms with Gasteiger partial charge in [0.2, 0.25) is 0 Å². The minimum atomic E-state index is -0.954. The summed E-state index contributed by atoms with van der Waals surface area (Å²) in [7, 11) is 1.61. The predicted molar refractivity (Wildman–Crippen MR) is 84.4 cm³/mol. The molecule has 108 valence electrons. The number of thiazole rings is 1. The van der Waals surface area contributed by atoms with E-state index >= 15 is 0 Å². The Labute approximate surface area is 132 Å². The Morgan fingerprint density at radius 3 is 2.76 bits per heavy atom. The summed E-state index contributed by atoms with van der Waals surface area (Å²) >= 11 is 4.76. The number of fused-ring (bicyclic) bond motifs is 1. The minimum absolute atomic E-state index is 0.243. The zero-order valence-electron chi connectivity index (χ0n) is 11.0. The molecule has 0 saturated carbocycles. The highest BCUT2D eigenvalue weighted by atomic mass is 79.9. The molecular weight excluding hydrogens is 356 g/mol. The van der Waals surface area contributed by atoms with Crippen LogP contribution in [0.25, 0.3) is 10.3 Å². The number of aromatic carboxylic acids is 1. The van der Waals surface area contributed by atoms with Crippen LogP contribution in [0.1, 0.15) is 16.1 Å². The molecule has 0 radical (unpaired) electrons. The summed E-state index contributed by atoms with van der Waals surface area (Å²) in [5.41, 5.74) is 1.91. The number of nitrogens with zero attached hydrogens (tertiary/aromatic N) is 2. The fourth-order valence-electron chi connectivity index (χ4n) is 2.15. The molecule has 1 aromatic carbocycles. The van der Waals surface area contributed by atoms with Gasteiger partial charge in [-0.1, -0.05) is 12.1 Å². The number of methoxy groups -OCH3 is 1. The Kier molecular flexibility index (Phi) is 3.69. The van der Waals surface area contributed by atoms with Gasteiger partial charge in [0.15, 0.2) is 9.56 Å². The fraction of sp³-hybridized carbons (Fsp3) is 0.143. The fourth-order valence-corrected chi connectivity index (χ4v) is 3.57. The van der Waals surface area contributed by atoms with Gasteiger partial charge >= 0.3 is 5.97 Å². The number of carboxylic acid groups (broad SMARTS) is 1. The van der Waals surface area contributed by atoms with Crippen LogP contribution in [0.15, 0.2) is 34.2 Å². The predicted octanol–water partition coefficient (Wildman–Crippen LogP) is 3.62. The van der Waals surface area contributed by atoms with E-state index in [2.05, 4.69) is 20.9 Å². The number of carboxylic acids is 1. The van der Waals surface area contributed by atoms with Crippen LogP contribution < -0.4 is 4.74 Å². The van der Waals surface area contributed by atoms with Gasteiger partial charge in [-0.25, -0.2) is 9.78 Å². The first-order chi connectivity index (χ1) is 10.1. The van der Waals surface area contributed by atoms with Crippen molar-refractivity contribution < 1.29 is 14.6 Å². The molecule has 2 heterocycles. The average Bonchev–Trinajstić information content (AvgIpc) is 2.97. The van der Waals surface area contributed by atoms with Gasteiger partial charge in [0.25, 0.3) is 0 Å². The molecule has 21 heavy (non-hydrogen) atoms. The van der Waals surface area contributed by atoms with Gasteiger partial charge in [-0.2, -0.15) is 0 Å². The SMILES string of the molecule is COc1ccc(Cn2c(C(=O)O)cc3sc(Br)nc32)cc1. The topological polar surface area (TPSA) is 64.3 Å². The van der Waals surface area contributed by atoms with E-state index in [1.807, 2.05) is 24.3 Å². The van der Waals surface area contributed by atoms with Crippen LogP contribution in [0.3, 0.4) is 0 Å². The van der Waals surface area contributed by atoms with Gasteiger partial charge in [0, 0.05) is 6.54 Å². The molecule has 0 aliphatic heterocycles. The maximum Gasteiger partial charge on any atom is 0.352 e. The van der Waals surface area contributed by atoms with Gasteiger partial charge in [0.1, 0.15) is 11.4 Å². The molecule has 0 atom stereocenters. The molecule has 2 aromatic heterocycles. The lowest BCUT2D eigenvalue weighted by Gasteiger charge is -2.08. The van der Waals surface area contributed by atoms with Crippen LogP contribution in [0.4, 0.5) is 0 Å². The molecule has 7 heteroatoms. The van der Waals surface area contributed by atoms with Crippen molar-refractivity contribution in [1.29, 1.82) is 0 Å². The molecule has 0 aliphatic rings. The molecule has 1 N–H and O–H groups in total. The van der Waals surface area contributed by atoms with E-state index in [0.29, 0.717) is 12.2 Å². The Hall–Kier alpha value is -1.86. The Morgan fingerprint density at radius 1 is 1.43 bits per heavy atom. The quantitative estimate of drug-likeness (QED) is 0.765. The molecule has 0 unspecified atom stereocenters. The third kappa shape index (κ3) is 2.66. The van der Waals surface area contributed by atoms with E-state index in [1.165, 1.54) is 11.3 Å². The van der Waals surface area contributed by atoms with E-state index in [9.17, 15) is 9.90 Å². The van der Waals surface area contributed by atoms with Gasteiger partial charge in [-0.15, -0.1) is 11.3 Å². The smallest absolute Gasteiger partial charge is 0.352 e. The second-order valence-corrected chi connectivity index (χ2v) is 6.73. The molecular formula is C14H11BrN2O3S. The number of ether oxygens (including phenoxy) is 1. The molecule has 0 fully saturated rings. The molecule has 0 aliphatic carbocycles. The Balaban J connectivity index is 2.04. The van der Waals surface area contributed by atoms with Crippen LogP contribution >= 0.6 is 27.3 Å². The van der Waals surface area contributed by atoms with Gasteiger partial charge in [0.05, 0.1) is 11.8 Å². The number of carbonyl (C=O) groups is 1. The number of aromatic nitrogens is 2. The third-order valence-electron chi connectivity index (χ3n) is 3.14. The van der Waals surface area contributed by atoms with E-state index in [4.69, 9.17) is 4.74 Å². The minimum Gasteiger partial charge on any atom is -0.497 e. The zero-order chi connectivity index (χ0) is 15.0. The molecule has 0 spiro atoms. The van der Waals surface area contributed by atoms with E-state index < -0.39 is 5.97 Å². The lowest BCUT2D eigenvalue weighted by atomic mass is 10.2. The van der Waals surface area contributed by atoms with Crippen LogP contribution in [-0.2, 0) is 6.54 Å². The lowest BCUT2D eigenvalue weighted by Crippen LogP contribution is -2.09. The highest BCUT2D eigenvalue weighted by molar-refractivity contribution is 9.11. The van der Waals surface area contributed by atoms with Gasteiger partial charge in [-0.05, 0) is 39.7 Å². The number of hydrogen-bond donors (Lipinski definition) is 1. The molecule has 3 rings (SSSR count). The van der Waals surface area contributed by atoms with E-state index in [-0.39, 0.29) is 5.69 Å². The lowest BCUT2D eigenvalue weighted by molar-refractivity contribution is 0.0686. The molecule has 0 saturated heterocycles. The van der Waals surface area contributed by atoms with Crippen LogP contribution in [0.5, 0.6) is 5.75 Å². The Morgan fingerprint density at radius 2 is 2.14 bits per heavy atom. The highest BCUT2D eigenvalue weighted by Gasteiger charge is 2.18. The molecule has 3 aromatic rings. The first-order valence-electron chi connectivity index (χ1n) is 6.10. The largest absolute Gasteiger partial charge is 0.497 e. The van der Waals surface area contributed by atoms with Crippen LogP contribution in [0, 0.1) is 0 Å². The third-order valence-corrected chi connectivity index (χ3v) is 4.58. The summed E-state index contributed by atoms with van der Waals surface area (Å²) < 4.78 is 8.43. The van der Waals surface area contributed by atoms with Gasteiger partial charge in [-0.3, -0.25) is 0 Å². The van der Waals surface area contributed by atoms with Crippen LogP contribution in [-0.4, -0.2) is 27.7 Å². The van der Waals surface area contributed by atoms with Crippen molar-refractivity contribution >= 4 is 43.6 Å². The van der Waals surface area contributed by atoms with Crippen molar-refractivity contribution in [3.63, 3.8) is 0 Å². The first-order valence-corrected chi connectivity index (χ1v) is 7.71. The van der Waals surface area contributed by atoms with Gasteiger partial charge < -0.3 is 14.4 Å². The van der Waals surface area contributed by atoms with E-state index in [1.54, 1.807) is 17.7 Å². The normalized spacial score (nSPS) is 11.0. The second-order valence-electron chi connectivity index (χ2n) is 4.42. The molecule has 0 amide bonds. The number of halogens is 1. The summed E-state index contributed by atoms with van der Waals surface area (Å²) in [6.07, 6.45) is 0. The average molecular weight is 367 g/mol. The highest BCUT2D eigenvalue weighted by Crippen LogP contribution is 2.30. The van der Waals surface area contributed by atoms with Crippen molar-refractivity contribution in [1.82, 2.24) is 9.55 Å². The van der Waals surface area contributed by atoms with Crippen molar-refractivity contribution in [3.05, 3.63) is 45.5 Å². The first kappa shape index (κ1) is 14.1. The van der Waals surface area contributed by atoms with Crippen molar-refractivity contribution in [2.75, 3.05) is 7.11 Å². The Bertz CT molecular complexity index is 808. The standard InChI is InChI=1S/C14H11BrN2O3S/c1-20-9-4-2-8(3-5-9)7-17-10(13(18)19)6-11-12(17)16-14(15)21-11/h2-6H,7H2,1H3,(H,18,19). The van der Waals surface area contributed by atoms with E-state index in [0.717, 1.165) is 19.9 Å². The maximum absolute atomic E-state index is 11.4. The summed E-state index contributed by atoms with van der Waals surface area (Å²) in [5.74, 6) is -0.184. The zero-order valence-corrected chi connectivity index (χ0v) is 13.4. The summed E-state index contributed by atoms with van der Waals surface area (Å²) in [4.78, 5) is 15.7. The monoisotopic (exact) mass is 366 g/mol. The summed E-state index contributed by atoms with van der Waals surface area (Å²) in [6, 6.07) is 9.19.